The molecule has 1 fully saturated rings. The van der Waals surface area contributed by atoms with E-state index in [-0.39, 0.29) is 0 Å². The third-order valence-corrected chi connectivity index (χ3v) is 5.98. The van der Waals surface area contributed by atoms with Crippen molar-refractivity contribution in [2.45, 2.75) is 52.9 Å². The number of esters is 1. The number of piperazine rings is 1. The van der Waals surface area contributed by atoms with Crippen LogP contribution in [0.2, 0.25) is 0 Å². The van der Waals surface area contributed by atoms with Crippen LogP contribution in [0.15, 0.2) is 36.4 Å². The number of alkyl halides is 3. The number of hydrogen-bond acceptors (Lipinski definition) is 5. The number of halogens is 3. The zero-order valence-corrected chi connectivity index (χ0v) is 20.5. The first-order chi connectivity index (χ1) is 15.9. The maximum Gasteiger partial charge on any atom is 0.416 e. The van der Waals surface area contributed by atoms with Crippen LogP contribution in [0.4, 0.5) is 18.9 Å². The molecule has 8 heteroatoms. The monoisotopic (exact) mass is 478 g/mol. The Kier molecular flexibility index (Phi) is 7.81. The summed E-state index contributed by atoms with van der Waals surface area (Å²) in [4.78, 5) is 16.6. The Morgan fingerprint density at radius 2 is 1.53 bits per heavy atom. The lowest BCUT2D eigenvalue weighted by Gasteiger charge is -2.36. The molecule has 0 bridgehead atoms. The molecule has 0 spiro atoms. The standard InChI is InChI=1S/C26H33F3N2O3/c1-6-33-24(32)25(4,5)34-23-18(2)15-20(16-19(23)3)17-30-11-13-31(14-12-30)22-9-7-21(8-10-22)26(27,28)29/h7-10,15-16H,6,11-14,17H2,1-5H3. The largest absolute Gasteiger partial charge is 0.476 e. The highest BCUT2D eigenvalue weighted by Crippen LogP contribution is 2.32. The van der Waals surface area contributed by atoms with E-state index in [0.29, 0.717) is 12.4 Å². The second-order valence-corrected chi connectivity index (χ2v) is 9.20. The summed E-state index contributed by atoms with van der Waals surface area (Å²) in [6.07, 6.45) is -4.32. The Morgan fingerprint density at radius 3 is 2.03 bits per heavy atom. The van der Waals surface area contributed by atoms with Crippen LogP contribution in [0.5, 0.6) is 5.75 Å². The molecule has 0 N–H and O–H groups in total. The van der Waals surface area contributed by atoms with E-state index in [2.05, 4.69) is 21.9 Å². The second kappa shape index (κ2) is 10.3. The Hall–Kier alpha value is -2.74. The summed E-state index contributed by atoms with van der Waals surface area (Å²) < 4.78 is 49.6. The number of ether oxygens (including phenoxy) is 2. The SMILES string of the molecule is CCOC(=O)C(C)(C)Oc1c(C)cc(CN2CCN(c3ccc(C(F)(F)F)cc3)CC2)cc1C. The highest BCUT2D eigenvalue weighted by atomic mass is 19.4. The van der Waals surface area contributed by atoms with Crippen molar-refractivity contribution in [2.24, 2.45) is 0 Å². The summed E-state index contributed by atoms with van der Waals surface area (Å²) in [5.41, 5.74) is 2.16. The summed E-state index contributed by atoms with van der Waals surface area (Å²) in [7, 11) is 0. The highest BCUT2D eigenvalue weighted by Gasteiger charge is 2.33. The summed E-state index contributed by atoms with van der Waals surface area (Å²) in [6, 6.07) is 9.52. The van der Waals surface area contributed by atoms with E-state index < -0.39 is 23.3 Å². The van der Waals surface area contributed by atoms with Gasteiger partial charge in [-0.3, -0.25) is 4.90 Å². The quantitative estimate of drug-likeness (QED) is 0.501. The van der Waals surface area contributed by atoms with Gasteiger partial charge in [0.25, 0.3) is 0 Å². The molecule has 0 amide bonds. The smallest absolute Gasteiger partial charge is 0.416 e. The summed E-state index contributed by atoms with van der Waals surface area (Å²) in [6.45, 7) is 13.3. The lowest BCUT2D eigenvalue weighted by atomic mass is 10.0. The molecule has 0 radical (unpaired) electrons. The van der Waals surface area contributed by atoms with E-state index in [1.807, 2.05) is 13.8 Å². The van der Waals surface area contributed by atoms with Crippen LogP contribution in [-0.2, 0) is 22.3 Å². The molecule has 3 rings (SSSR count). The number of rotatable bonds is 7. The third-order valence-electron chi connectivity index (χ3n) is 5.98. The van der Waals surface area contributed by atoms with Crippen LogP contribution < -0.4 is 9.64 Å². The van der Waals surface area contributed by atoms with Crippen molar-refractivity contribution in [2.75, 3.05) is 37.7 Å². The minimum Gasteiger partial charge on any atom is -0.476 e. The molecule has 2 aromatic rings. The Bertz CT molecular complexity index is 972. The maximum atomic E-state index is 12.8. The molecule has 5 nitrogen and oxygen atoms in total. The van der Waals surface area contributed by atoms with Gasteiger partial charge < -0.3 is 14.4 Å². The van der Waals surface area contributed by atoms with Crippen molar-refractivity contribution in [1.82, 2.24) is 4.90 Å². The molecule has 2 aromatic carbocycles. The fourth-order valence-corrected chi connectivity index (χ4v) is 4.18. The predicted molar refractivity (Wildman–Crippen MR) is 126 cm³/mol. The van der Waals surface area contributed by atoms with Gasteiger partial charge in [0.1, 0.15) is 5.75 Å². The van der Waals surface area contributed by atoms with E-state index in [0.717, 1.165) is 67.2 Å². The normalized spacial score (nSPS) is 15.4. The molecule has 1 saturated heterocycles. The van der Waals surface area contributed by atoms with E-state index in [9.17, 15) is 18.0 Å². The fourth-order valence-electron chi connectivity index (χ4n) is 4.18. The summed E-state index contributed by atoms with van der Waals surface area (Å²) >= 11 is 0. The van der Waals surface area contributed by atoms with Crippen LogP contribution >= 0.6 is 0 Å². The van der Waals surface area contributed by atoms with Crippen molar-refractivity contribution in [3.63, 3.8) is 0 Å². The first kappa shape index (κ1) is 25.9. The van der Waals surface area contributed by atoms with E-state index in [1.54, 1.807) is 32.9 Å². The molecule has 0 unspecified atom stereocenters. The highest BCUT2D eigenvalue weighted by molar-refractivity contribution is 5.79. The molecule has 1 aliphatic rings. The van der Waals surface area contributed by atoms with Crippen molar-refractivity contribution in [3.8, 4) is 5.75 Å². The molecule has 0 atom stereocenters. The number of nitrogens with zero attached hydrogens (tertiary/aromatic N) is 2. The van der Waals surface area contributed by atoms with Gasteiger partial charge in [0.15, 0.2) is 5.60 Å². The van der Waals surface area contributed by atoms with Crippen molar-refractivity contribution < 1.29 is 27.4 Å². The lowest BCUT2D eigenvalue weighted by molar-refractivity contribution is -0.158. The predicted octanol–water partition coefficient (Wildman–Crippen LogP) is 5.36. The number of carbonyl (C=O) groups excluding carboxylic acids is 1. The second-order valence-electron chi connectivity index (χ2n) is 9.20. The van der Waals surface area contributed by atoms with E-state index in [4.69, 9.17) is 9.47 Å². The first-order valence-corrected chi connectivity index (χ1v) is 11.5. The number of benzene rings is 2. The Labute approximate surface area is 199 Å². The average Bonchev–Trinajstić information content (AvgIpc) is 2.76. The topological polar surface area (TPSA) is 42.0 Å². The Morgan fingerprint density at radius 1 is 0.971 bits per heavy atom. The van der Waals surface area contributed by atoms with Crippen LogP contribution in [0, 0.1) is 13.8 Å². The number of anilines is 1. The van der Waals surface area contributed by atoms with Gasteiger partial charge in [0.05, 0.1) is 12.2 Å². The van der Waals surface area contributed by atoms with Crippen LogP contribution in [0.3, 0.4) is 0 Å². The molecule has 186 valence electrons. The molecule has 0 saturated carbocycles. The van der Waals surface area contributed by atoms with Gasteiger partial charge in [0.2, 0.25) is 0 Å². The van der Waals surface area contributed by atoms with E-state index >= 15 is 0 Å². The fraction of sp³-hybridized carbons (Fsp3) is 0.500. The van der Waals surface area contributed by atoms with Gasteiger partial charge in [-0.05, 0) is 75.6 Å². The molecular formula is C26H33F3N2O3. The van der Waals surface area contributed by atoms with Gasteiger partial charge >= 0.3 is 12.1 Å². The maximum absolute atomic E-state index is 12.8. The zero-order valence-electron chi connectivity index (χ0n) is 20.5. The van der Waals surface area contributed by atoms with Crippen molar-refractivity contribution in [3.05, 3.63) is 58.7 Å². The van der Waals surface area contributed by atoms with Gasteiger partial charge in [-0.15, -0.1) is 0 Å². The molecule has 1 heterocycles. The molecule has 0 aliphatic carbocycles. The van der Waals surface area contributed by atoms with Gasteiger partial charge in [-0.25, -0.2) is 4.79 Å². The van der Waals surface area contributed by atoms with Crippen LogP contribution in [0.25, 0.3) is 0 Å². The molecule has 34 heavy (non-hydrogen) atoms. The van der Waals surface area contributed by atoms with Gasteiger partial charge in [-0.1, -0.05) is 12.1 Å². The minimum atomic E-state index is -4.32. The summed E-state index contributed by atoms with van der Waals surface area (Å²) in [5, 5.41) is 0. The summed E-state index contributed by atoms with van der Waals surface area (Å²) in [5.74, 6) is 0.290. The average molecular weight is 479 g/mol. The van der Waals surface area contributed by atoms with Crippen LogP contribution in [0.1, 0.15) is 43.0 Å². The lowest BCUT2D eigenvalue weighted by Crippen LogP contribution is -2.46. The number of hydrogen-bond donors (Lipinski definition) is 0. The Balaban J connectivity index is 1.60. The van der Waals surface area contributed by atoms with Crippen molar-refractivity contribution in [1.29, 1.82) is 0 Å². The molecular weight excluding hydrogens is 445 g/mol. The van der Waals surface area contributed by atoms with Gasteiger partial charge in [-0.2, -0.15) is 13.2 Å². The number of aryl methyl sites for hydroxylation is 2. The molecule has 1 aliphatic heterocycles. The van der Waals surface area contributed by atoms with E-state index in [1.165, 1.54) is 0 Å². The van der Waals surface area contributed by atoms with Crippen LogP contribution in [-0.4, -0.2) is 49.3 Å². The zero-order chi connectivity index (χ0) is 25.1. The molecule has 0 aromatic heterocycles. The van der Waals surface area contributed by atoms with Crippen molar-refractivity contribution >= 4 is 11.7 Å². The third kappa shape index (κ3) is 6.23. The minimum absolute atomic E-state index is 0.300. The first-order valence-electron chi connectivity index (χ1n) is 11.5. The number of carbonyl (C=O) groups is 1. The van der Waals surface area contributed by atoms with Gasteiger partial charge in [0, 0.05) is 38.4 Å².